The van der Waals surface area contributed by atoms with Gasteiger partial charge in [-0.25, -0.2) is 5.48 Å². The molecule has 0 aromatic carbocycles. The van der Waals surface area contributed by atoms with Gasteiger partial charge in [0.1, 0.15) is 5.78 Å². The van der Waals surface area contributed by atoms with Crippen molar-refractivity contribution in [2.24, 2.45) is 23.3 Å². The maximum Gasteiger partial charge on any atom is 0.249 e. The molecule has 0 saturated heterocycles. The number of primary amides is 1. The zero-order valence-electron chi connectivity index (χ0n) is 14.9. The van der Waals surface area contributed by atoms with E-state index < -0.39 is 85.7 Å². The smallest absolute Gasteiger partial charge is 0.249 e. The minimum absolute atomic E-state index is 0.475. The number of hydroxylamine groups is 1. The highest BCUT2D eigenvalue weighted by Gasteiger charge is 2.30. The molecule has 27 heavy (non-hydrogen) atoms. The molecule has 0 aliphatic rings. The van der Waals surface area contributed by atoms with Gasteiger partial charge in [0, 0.05) is 19.3 Å². The number of ketones is 2. The van der Waals surface area contributed by atoms with Crippen LogP contribution >= 0.6 is 0 Å². The Labute approximate surface area is 155 Å². The molecule has 0 bridgehead atoms. The van der Waals surface area contributed by atoms with Crippen LogP contribution in [0.4, 0.5) is 0 Å². The summed E-state index contributed by atoms with van der Waals surface area (Å²) in [5, 5.41) is 29.1. The Bertz CT molecular complexity index is 566. The molecule has 0 rings (SSSR count). The van der Waals surface area contributed by atoms with Crippen molar-refractivity contribution in [3.05, 3.63) is 0 Å². The number of aliphatic hydroxyl groups excluding tert-OH is 2. The Morgan fingerprint density at radius 3 is 2.07 bits per heavy atom. The van der Waals surface area contributed by atoms with Gasteiger partial charge in [-0.2, -0.15) is 0 Å². The van der Waals surface area contributed by atoms with Crippen molar-refractivity contribution in [1.29, 1.82) is 0 Å². The molecular weight excluding hydrogens is 364 g/mol. The summed E-state index contributed by atoms with van der Waals surface area (Å²) < 4.78 is 0. The molecule has 12 nitrogen and oxygen atoms in total. The lowest BCUT2D eigenvalue weighted by atomic mass is 9.90. The molecule has 154 valence electrons. The van der Waals surface area contributed by atoms with E-state index in [1.165, 1.54) is 12.4 Å². The molecule has 4 atom stereocenters. The quantitative estimate of drug-likeness (QED) is 0.121. The van der Waals surface area contributed by atoms with Crippen molar-refractivity contribution in [2.75, 3.05) is 13.2 Å². The molecule has 0 heterocycles. The van der Waals surface area contributed by atoms with E-state index in [0.717, 1.165) is 0 Å². The average molecular weight is 390 g/mol. The minimum atomic E-state index is -1.25. The van der Waals surface area contributed by atoms with Crippen molar-refractivity contribution >= 4 is 29.3 Å². The van der Waals surface area contributed by atoms with Crippen LogP contribution in [0, 0.1) is 11.8 Å². The Morgan fingerprint density at radius 1 is 1.04 bits per heavy atom. The average Bonchev–Trinajstić information content (AvgIpc) is 2.61. The fourth-order valence-electron chi connectivity index (χ4n) is 2.22. The van der Waals surface area contributed by atoms with Crippen molar-refractivity contribution < 1.29 is 39.4 Å². The first-order valence-electron chi connectivity index (χ1n) is 8.12. The van der Waals surface area contributed by atoms with Gasteiger partial charge in [0.15, 0.2) is 5.78 Å². The lowest BCUT2D eigenvalue weighted by Crippen LogP contribution is -2.44. The molecule has 0 aliphatic carbocycles. The van der Waals surface area contributed by atoms with Crippen LogP contribution in [0.1, 0.15) is 26.2 Å². The number of nitrogens with two attached hydrogens (primary N) is 2. The van der Waals surface area contributed by atoms with Gasteiger partial charge in [-0.05, 0) is 6.92 Å². The molecule has 9 N–H and O–H groups in total. The first-order valence-corrected chi connectivity index (χ1v) is 8.12. The fraction of sp³-hybridized carbons (Fsp3) is 0.667. The van der Waals surface area contributed by atoms with Gasteiger partial charge in [-0.3, -0.25) is 29.2 Å². The highest BCUT2D eigenvalue weighted by molar-refractivity contribution is 5.94. The Balaban J connectivity index is 4.96. The second kappa shape index (κ2) is 12.1. The molecule has 3 amide bonds. The molecule has 1 unspecified atom stereocenters. The van der Waals surface area contributed by atoms with Crippen LogP contribution in [0.3, 0.4) is 0 Å². The van der Waals surface area contributed by atoms with Gasteiger partial charge in [0.05, 0.1) is 37.1 Å². The summed E-state index contributed by atoms with van der Waals surface area (Å²) in [4.78, 5) is 58.4. The first kappa shape index (κ1) is 24.6. The minimum Gasteiger partial charge on any atom is -0.394 e. The van der Waals surface area contributed by atoms with E-state index in [2.05, 4.69) is 5.32 Å². The van der Waals surface area contributed by atoms with E-state index in [1.807, 2.05) is 0 Å². The second-order valence-electron chi connectivity index (χ2n) is 6.11. The SMILES string of the molecule is CC(O)[C@H](CC(=O)C[C@@H](CC(N)=O)C(=O)NCC(=O)[C@@H](N)CO)C(=O)NO. The van der Waals surface area contributed by atoms with Crippen molar-refractivity contribution in [3.63, 3.8) is 0 Å². The van der Waals surface area contributed by atoms with E-state index in [-0.39, 0.29) is 0 Å². The van der Waals surface area contributed by atoms with Crippen LogP contribution in [0.25, 0.3) is 0 Å². The van der Waals surface area contributed by atoms with Gasteiger partial charge >= 0.3 is 0 Å². The van der Waals surface area contributed by atoms with Gasteiger partial charge in [-0.15, -0.1) is 0 Å². The summed E-state index contributed by atoms with van der Waals surface area (Å²) >= 11 is 0. The third-order valence-corrected chi connectivity index (χ3v) is 3.82. The summed E-state index contributed by atoms with van der Waals surface area (Å²) in [6.45, 7) is 0.135. The molecule has 0 fully saturated rings. The van der Waals surface area contributed by atoms with Gasteiger partial charge in [0.2, 0.25) is 17.7 Å². The number of nitrogens with one attached hydrogen (secondary N) is 2. The van der Waals surface area contributed by atoms with E-state index in [0.29, 0.717) is 0 Å². The Morgan fingerprint density at radius 2 is 1.63 bits per heavy atom. The van der Waals surface area contributed by atoms with E-state index in [1.54, 1.807) is 0 Å². The topological polar surface area (TPSA) is 222 Å². The van der Waals surface area contributed by atoms with Crippen molar-refractivity contribution in [3.8, 4) is 0 Å². The van der Waals surface area contributed by atoms with Gasteiger partial charge in [-0.1, -0.05) is 0 Å². The van der Waals surface area contributed by atoms with Crippen LogP contribution in [0.15, 0.2) is 0 Å². The Hall–Kier alpha value is -2.41. The van der Waals surface area contributed by atoms with Crippen molar-refractivity contribution in [1.82, 2.24) is 10.8 Å². The summed E-state index contributed by atoms with van der Waals surface area (Å²) in [6.07, 6.45) is -2.69. The van der Waals surface area contributed by atoms with Crippen molar-refractivity contribution in [2.45, 2.75) is 38.3 Å². The predicted molar refractivity (Wildman–Crippen MR) is 89.7 cm³/mol. The highest BCUT2D eigenvalue weighted by atomic mass is 16.5. The lowest BCUT2D eigenvalue weighted by molar-refractivity contribution is -0.140. The summed E-state index contributed by atoms with van der Waals surface area (Å²) in [5.41, 5.74) is 11.7. The van der Waals surface area contributed by atoms with Gasteiger partial charge < -0.3 is 27.0 Å². The molecular formula is C15H26N4O8. The zero-order chi connectivity index (χ0) is 21.1. The van der Waals surface area contributed by atoms with Gasteiger partial charge in [0.25, 0.3) is 0 Å². The third-order valence-electron chi connectivity index (χ3n) is 3.82. The van der Waals surface area contributed by atoms with E-state index in [4.69, 9.17) is 21.8 Å². The van der Waals surface area contributed by atoms with Crippen LogP contribution in [-0.4, -0.2) is 70.0 Å². The number of Topliss-reactive ketones (excluding diaryl/α,β-unsaturated/α-hetero) is 2. The molecule has 12 heteroatoms. The third kappa shape index (κ3) is 9.19. The largest absolute Gasteiger partial charge is 0.394 e. The van der Waals surface area contributed by atoms with Crippen LogP contribution in [-0.2, 0) is 24.0 Å². The second-order valence-corrected chi connectivity index (χ2v) is 6.11. The molecule has 0 spiro atoms. The number of amides is 3. The fourth-order valence-corrected chi connectivity index (χ4v) is 2.22. The first-order chi connectivity index (χ1) is 12.5. The highest BCUT2D eigenvalue weighted by Crippen LogP contribution is 2.16. The number of hydrogen-bond donors (Lipinski definition) is 7. The zero-order valence-corrected chi connectivity index (χ0v) is 14.9. The normalized spacial score (nSPS) is 15.1. The van der Waals surface area contributed by atoms with E-state index >= 15 is 0 Å². The standard InChI is InChI=1S/C15H26N4O8/c1-7(21)10(15(26)19-27)4-9(22)2-8(3-13(17)24)14(25)18-5-12(23)11(16)6-20/h7-8,10-11,20-21,27H,2-6,16H2,1H3,(H2,17,24)(H,18,25)(H,19,26)/t7?,8-,10-,11-/m0/s1. The summed E-state index contributed by atoms with van der Waals surface area (Å²) in [7, 11) is 0. The number of aliphatic hydroxyl groups is 2. The van der Waals surface area contributed by atoms with Crippen LogP contribution < -0.4 is 22.3 Å². The lowest BCUT2D eigenvalue weighted by Gasteiger charge is -2.19. The molecule has 0 aromatic heterocycles. The maximum absolute atomic E-state index is 12.1. The number of carbonyl (C=O) groups excluding carboxylic acids is 5. The summed E-state index contributed by atoms with van der Waals surface area (Å²) in [6, 6.07) is -1.18. The maximum atomic E-state index is 12.1. The molecule has 0 aliphatic heterocycles. The predicted octanol–water partition coefficient (Wildman–Crippen LogP) is -3.67. The molecule has 0 saturated carbocycles. The molecule has 0 radical (unpaired) electrons. The number of carbonyl (C=O) groups is 5. The van der Waals surface area contributed by atoms with Crippen LogP contribution in [0.5, 0.6) is 0 Å². The summed E-state index contributed by atoms with van der Waals surface area (Å²) in [5.74, 6) is -6.36. The molecule has 0 aromatic rings. The number of rotatable bonds is 13. The number of hydrogen-bond acceptors (Lipinski definition) is 9. The Kier molecular flexibility index (Phi) is 11.0. The van der Waals surface area contributed by atoms with E-state index in [9.17, 15) is 29.1 Å². The van der Waals surface area contributed by atoms with Crippen LogP contribution in [0.2, 0.25) is 0 Å². The monoisotopic (exact) mass is 390 g/mol.